The fourth-order valence-corrected chi connectivity index (χ4v) is 2.26. The van der Waals surface area contributed by atoms with Crippen LogP contribution in [0.25, 0.3) is 0 Å². The van der Waals surface area contributed by atoms with Gasteiger partial charge in [0.15, 0.2) is 5.13 Å². The highest BCUT2D eigenvalue weighted by Gasteiger charge is 2.05. The van der Waals surface area contributed by atoms with Gasteiger partial charge in [0.2, 0.25) is 0 Å². The number of rotatable bonds is 10. The fourth-order valence-electron chi connectivity index (χ4n) is 1.49. The molecule has 0 unspecified atom stereocenters. The van der Waals surface area contributed by atoms with E-state index in [9.17, 15) is 4.79 Å². The molecule has 0 aliphatic heterocycles. The van der Waals surface area contributed by atoms with Crippen molar-refractivity contribution in [3.05, 3.63) is 11.1 Å². The minimum absolute atomic E-state index is 0.203. The smallest absolute Gasteiger partial charge is 0.305 e. The molecule has 1 rings (SSSR count). The lowest BCUT2D eigenvalue weighted by molar-refractivity contribution is -0.140. The van der Waals surface area contributed by atoms with Crippen molar-refractivity contribution in [3.8, 4) is 0 Å². The van der Waals surface area contributed by atoms with Gasteiger partial charge in [-0.15, -0.1) is 11.3 Å². The summed E-state index contributed by atoms with van der Waals surface area (Å²) in [7, 11) is 1.40. The van der Waals surface area contributed by atoms with E-state index >= 15 is 0 Å². The molecule has 1 heterocycles. The van der Waals surface area contributed by atoms with Crippen LogP contribution in [-0.4, -0.2) is 37.8 Å². The Kier molecular flexibility index (Phi) is 8.22. The number of hydrogen-bond acceptors (Lipinski definition) is 6. The largest absolute Gasteiger partial charge is 0.469 e. The summed E-state index contributed by atoms with van der Waals surface area (Å²) in [5.74, 6) is 0.477. The first-order valence-corrected chi connectivity index (χ1v) is 7.82. The molecule has 0 aliphatic carbocycles. The summed E-state index contributed by atoms with van der Waals surface area (Å²) in [4.78, 5) is 15.4. The molecule has 1 aromatic heterocycles. The Morgan fingerprint density at radius 3 is 2.95 bits per heavy atom. The number of carbonyl (C=O) groups is 1. The van der Waals surface area contributed by atoms with Crippen LogP contribution < -0.4 is 5.32 Å². The minimum atomic E-state index is -0.203. The second kappa shape index (κ2) is 9.72. The number of aryl methyl sites for hydroxylation is 1. The molecule has 0 atom stereocenters. The minimum Gasteiger partial charge on any atom is -0.469 e. The molecule has 1 N–H and O–H groups in total. The highest BCUT2D eigenvalue weighted by Crippen LogP contribution is 2.16. The normalized spacial score (nSPS) is 10.8. The predicted molar refractivity (Wildman–Crippen MR) is 81.2 cm³/mol. The molecule has 0 saturated heterocycles. The second-order valence-electron chi connectivity index (χ2n) is 4.94. The molecular weight excluding hydrogens is 276 g/mol. The fraction of sp³-hybridized carbons (Fsp3) is 0.714. The molecule has 0 fully saturated rings. The Hall–Kier alpha value is -1.14. The topological polar surface area (TPSA) is 60.5 Å². The third-order valence-electron chi connectivity index (χ3n) is 2.73. The van der Waals surface area contributed by atoms with Gasteiger partial charge < -0.3 is 14.8 Å². The number of hydrogen-bond donors (Lipinski definition) is 1. The average Bonchev–Trinajstić information content (AvgIpc) is 2.87. The van der Waals surface area contributed by atoms with Crippen LogP contribution in [0, 0.1) is 5.92 Å². The maximum atomic E-state index is 11.0. The van der Waals surface area contributed by atoms with Gasteiger partial charge >= 0.3 is 5.97 Å². The maximum absolute atomic E-state index is 11.0. The van der Waals surface area contributed by atoms with Gasteiger partial charge in [-0.3, -0.25) is 4.79 Å². The van der Waals surface area contributed by atoms with E-state index in [1.807, 2.05) is 5.38 Å². The van der Waals surface area contributed by atoms with E-state index in [4.69, 9.17) is 4.74 Å². The van der Waals surface area contributed by atoms with Gasteiger partial charge in [-0.1, -0.05) is 13.8 Å². The lowest BCUT2D eigenvalue weighted by atomic mass is 10.1. The Labute approximate surface area is 124 Å². The third-order valence-corrected chi connectivity index (χ3v) is 3.58. The molecule has 1 aromatic rings. The number of methoxy groups -OCH3 is 1. The van der Waals surface area contributed by atoms with Gasteiger partial charge in [0, 0.05) is 25.0 Å². The molecular formula is C14H24N2O3S. The number of thiazole rings is 1. The van der Waals surface area contributed by atoms with Gasteiger partial charge in [-0.25, -0.2) is 4.98 Å². The number of ether oxygens (including phenoxy) is 2. The van der Waals surface area contributed by atoms with Crippen molar-refractivity contribution < 1.29 is 14.3 Å². The first kappa shape index (κ1) is 16.9. The van der Waals surface area contributed by atoms with Gasteiger partial charge in [0.1, 0.15) is 0 Å². The molecule has 5 nitrogen and oxygen atoms in total. The SMILES string of the molecule is COC(=O)CCc1csc(NCCOCCC(C)C)n1. The summed E-state index contributed by atoms with van der Waals surface area (Å²) in [6.07, 6.45) is 2.09. The van der Waals surface area contributed by atoms with Crippen LogP contribution in [0.4, 0.5) is 5.13 Å². The first-order chi connectivity index (χ1) is 9.61. The molecule has 0 spiro atoms. The Balaban J connectivity index is 2.12. The highest BCUT2D eigenvalue weighted by atomic mass is 32.1. The average molecular weight is 300 g/mol. The van der Waals surface area contributed by atoms with Gasteiger partial charge in [0.05, 0.1) is 25.8 Å². The van der Waals surface area contributed by atoms with Crippen molar-refractivity contribution in [2.45, 2.75) is 33.1 Å². The van der Waals surface area contributed by atoms with E-state index in [1.54, 1.807) is 11.3 Å². The summed E-state index contributed by atoms with van der Waals surface area (Å²) in [5, 5.41) is 6.06. The summed E-state index contributed by atoms with van der Waals surface area (Å²) in [6.45, 7) is 6.62. The number of esters is 1. The number of carbonyl (C=O) groups excluding carboxylic acids is 1. The molecule has 20 heavy (non-hydrogen) atoms. The molecule has 0 bridgehead atoms. The van der Waals surface area contributed by atoms with Gasteiger partial charge in [0.25, 0.3) is 0 Å². The second-order valence-corrected chi connectivity index (χ2v) is 5.80. The van der Waals surface area contributed by atoms with E-state index in [-0.39, 0.29) is 5.97 Å². The Morgan fingerprint density at radius 2 is 2.25 bits per heavy atom. The van der Waals surface area contributed by atoms with Gasteiger partial charge in [-0.05, 0) is 12.3 Å². The van der Waals surface area contributed by atoms with Crippen molar-refractivity contribution in [1.29, 1.82) is 0 Å². The zero-order valence-corrected chi connectivity index (χ0v) is 13.3. The Bertz CT molecular complexity index is 394. The lowest BCUT2D eigenvalue weighted by Crippen LogP contribution is -2.10. The van der Waals surface area contributed by atoms with E-state index in [1.165, 1.54) is 7.11 Å². The van der Waals surface area contributed by atoms with Crippen LogP contribution in [0.3, 0.4) is 0 Å². The van der Waals surface area contributed by atoms with Crippen molar-refractivity contribution in [2.24, 2.45) is 5.92 Å². The van der Waals surface area contributed by atoms with Crippen LogP contribution in [0.5, 0.6) is 0 Å². The quantitative estimate of drug-likeness (QED) is 0.532. The summed E-state index contributed by atoms with van der Waals surface area (Å²) < 4.78 is 10.1. The van der Waals surface area contributed by atoms with Crippen LogP contribution in [0.1, 0.15) is 32.4 Å². The molecule has 0 aliphatic rings. The number of nitrogens with one attached hydrogen (secondary N) is 1. The molecule has 0 aromatic carbocycles. The zero-order valence-electron chi connectivity index (χ0n) is 12.5. The van der Waals surface area contributed by atoms with Gasteiger partial charge in [-0.2, -0.15) is 0 Å². The van der Waals surface area contributed by atoms with Crippen molar-refractivity contribution in [3.63, 3.8) is 0 Å². The number of aromatic nitrogens is 1. The summed E-state index contributed by atoms with van der Waals surface area (Å²) in [5.41, 5.74) is 0.920. The third kappa shape index (κ3) is 7.45. The predicted octanol–water partition coefficient (Wildman–Crippen LogP) is 2.72. The highest BCUT2D eigenvalue weighted by molar-refractivity contribution is 7.13. The number of anilines is 1. The van der Waals surface area contributed by atoms with E-state index < -0.39 is 0 Å². The van der Waals surface area contributed by atoms with Crippen molar-refractivity contribution in [1.82, 2.24) is 4.98 Å². The summed E-state index contributed by atoms with van der Waals surface area (Å²) in [6, 6.07) is 0. The van der Waals surface area contributed by atoms with Crippen LogP contribution in [-0.2, 0) is 20.7 Å². The monoisotopic (exact) mass is 300 g/mol. The maximum Gasteiger partial charge on any atom is 0.305 e. The molecule has 0 amide bonds. The van der Waals surface area contributed by atoms with Crippen LogP contribution in [0.15, 0.2) is 5.38 Å². The van der Waals surface area contributed by atoms with Crippen LogP contribution in [0.2, 0.25) is 0 Å². The van der Waals surface area contributed by atoms with E-state index in [0.29, 0.717) is 25.4 Å². The lowest BCUT2D eigenvalue weighted by Gasteiger charge is -2.06. The van der Waals surface area contributed by atoms with Crippen LogP contribution >= 0.6 is 11.3 Å². The molecule has 0 saturated carbocycles. The standard InChI is InChI=1S/C14H24N2O3S/c1-11(2)6-8-19-9-7-15-14-16-12(10-20-14)4-5-13(17)18-3/h10-11H,4-9H2,1-3H3,(H,15,16). The molecule has 0 radical (unpaired) electrons. The number of nitrogens with zero attached hydrogens (tertiary/aromatic N) is 1. The zero-order chi connectivity index (χ0) is 14.8. The molecule has 114 valence electrons. The van der Waals surface area contributed by atoms with E-state index in [0.717, 1.165) is 30.4 Å². The first-order valence-electron chi connectivity index (χ1n) is 6.94. The Morgan fingerprint density at radius 1 is 1.45 bits per heavy atom. The van der Waals surface area contributed by atoms with E-state index in [2.05, 4.69) is 28.9 Å². The summed E-state index contributed by atoms with van der Waals surface area (Å²) >= 11 is 1.55. The van der Waals surface area contributed by atoms with Crippen molar-refractivity contribution >= 4 is 22.4 Å². The molecule has 6 heteroatoms. The van der Waals surface area contributed by atoms with Crippen molar-refractivity contribution in [2.75, 3.05) is 32.2 Å².